The summed E-state index contributed by atoms with van der Waals surface area (Å²) in [5.41, 5.74) is 2.55. The third kappa shape index (κ3) is 2.75. The van der Waals surface area contributed by atoms with E-state index < -0.39 is 18.1 Å². The van der Waals surface area contributed by atoms with E-state index in [1.54, 1.807) is 0 Å². The molecule has 1 aromatic heterocycles. The molecule has 120 valence electrons. The van der Waals surface area contributed by atoms with Crippen LogP contribution in [-0.2, 0) is 10.0 Å². The fourth-order valence-corrected chi connectivity index (χ4v) is 6.28. The monoisotopic (exact) mass is 343 g/mol. The van der Waals surface area contributed by atoms with Crippen molar-refractivity contribution in [3.8, 4) is 11.3 Å². The molecule has 0 spiro atoms. The fourth-order valence-electron chi connectivity index (χ4n) is 3.17. The Morgan fingerprint density at radius 3 is 2.00 bits per heavy atom. The number of aromatic nitrogens is 1. The van der Waals surface area contributed by atoms with E-state index in [-0.39, 0.29) is 0 Å². The molecule has 3 rings (SSSR count). The van der Waals surface area contributed by atoms with Crippen LogP contribution in [0.1, 0.15) is 0 Å². The lowest BCUT2D eigenvalue weighted by Gasteiger charge is -2.19. The molecule has 0 amide bonds. The van der Waals surface area contributed by atoms with Gasteiger partial charge in [0.05, 0.1) is 25.5 Å². The van der Waals surface area contributed by atoms with Crippen LogP contribution in [0.15, 0.2) is 54.6 Å². The molecule has 0 aliphatic rings. The highest BCUT2D eigenvalue weighted by atomic mass is 32.2. The van der Waals surface area contributed by atoms with Crippen molar-refractivity contribution in [2.24, 2.45) is 0 Å². The van der Waals surface area contributed by atoms with Crippen molar-refractivity contribution in [1.82, 2.24) is 3.97 Å². The Morgan fingerprint density at radius 2 is 1.43 bits per heavy atom. The first-order valence-corrected chi connectivity index (χ1v) is 13.0. The minimum absolute atomic E-state index is 0.770. The standard InChI is InChI=1S/C18H21NO2SSi/c1-22(20,21)19-16-13-9-8-12-15(16)18(23(2,3)4)17(19)14-10-6-5-7-11-14/h5-13H,1-4H3. The maximum atomic E-state index is 12.6. The summed E-state index contributed by atoms with van der Waals surface area (Å²) in [5, 5.41) is 2.25. The van der Waals surface area contributed by atoms with Gasteiger partial charge in [-0.05, 0) is 16.8 Å². The second-order valence-corrected chi connectivity index (χ2v) is 13.7. The first-order chi connectivity index (χ1) is 10.7. The van der Waals surface area contributed by atoms with E-state index in [0.29, 0.717) is 0 Å². The fraction of sp³-hybridized carbons (Fsp3) is 0.222. The van der Waals surface area contributed by atoms with Crippen molar-refractivity contribution in [3.05, 3.63) is 54.6 Å². The molecule has 0 aliphatic heterocycles. The van der Waals surface area contributed by atoms with Crippen LogP contribution >= 0.6 is 0 Å². The highest BCUT2D eigenvalue weighted by Crippen LogP contribution is 2.30. The van der Waals surface area contributed by atoms with Crippen molar-refractivity contribution >= 4 is 34.2 Å². The number of rotatable bonds is 3. The number of para-hydroxylation sites is 1. The molecule has 5 heteroatoms. The van der Waals surface area contributed by atoms with E-state index in [1.165, 1.54) is 15.4 Å². The SMILES string of the molecule is C[Si](C)(C)c1c(-c2ccccc2)n(S(C)(=O)=O)c2ccccc12. The third-order valence-corrected chi connectivity index (χ3v) is 7.01. The predicted molar refractivity (Wildman–Crippen MR) is 101 cm³/mol. The molecule has 0 unspecified atom stereocenters. The molecule has 0 fully saturated rings. The van der Waals surface area contributed by atoms with Crippen molar-refractivity contribution in [2.45, 2.75) is 19.6 Å². The first-order valence-electron chi connectivity index (χ1n) is 7.61. The third-order valence-electron chi connectivity index (χ3n) is 3.96. The van der Waals surface area contributed by atoms with Gasteiger partial charge in [0.2, 0.25) is 10.0 Å². The molecular weight excluding hydrogens is 322 g/mol. The molecular formula is C18H21NO2SSi. The van der Waals surface area contributed by atoms with Crippen molar-refractivity contribution in [3.63, 3.8) is 0 Å². The highest BCUT2D eigenvalue weighted by molar-refractivity contribution is 7.89. The number of fused-ring (bicyclic) bond motifs is 1. The Morgan fingerprint density at radius 1 is 0.870 bits per heavy atom. The largest absolute Gasteiger partial charge is 0.238 e. The normalized spacial score (nSPS) is 12.7. The minimum atomic E-state index is -3.41. The zero-order chi connectivity index (χ0) is 16.8. The van der Waals surface area contributed by atoms with Crippen molar-refractivity contribution in [2.75, 3.05) is 6.26 Å². The van der Waals surface area contributed by atoms with Crippen LogP contribution in [0.4, 0.5) is 0 Å². The zero-order valence-electron chi connectivity index (χ0n) is 13.9. The van der Waals surface area contributed by atoms with E-state index in [1.807, 2.05) is 54.6 Å². The number of hydrogen-bond donors (Lipinski definition) is 0. The average Bonchev–Trinajstić information content (AvgIpc) is 2.83. The maximum absolute atomic E-state index is 12.6. The summed E-state index contributed by atoms with van der Waals surface area (Å²) in [6.45, 7) is 6.77. The maximum Gasteiger partial charge on any atom is 0.236 e. The van der Waals surface area contributed by atoms with Gasteiger partial charge in [0.1, 0.15) is 0 Å². The second-order valence-electron chi connectivity index (χ2n) is 6.88. The molecule has 3 nitrogen and oxygen atoms in total. The smallest absolute Gasteiger partial charge is 0.236 e. The van der Waals surface area contributed by atoms with E-state index in [9.17, 15) is 8.42 Å². The van der Waals surface area contributed by atoms with Crippen LogP contribution in [0.3, 0.4) is 0 Å². The summed E-state index contributed by atoms with van der Waals surface area (Å²) < 4.78 is 26.6. The minimum Gasteiger partial charge on any atom is -0.238 e. The zero-order valence-corrected chi connectivity index (χ0v) is 15.7. The highest BCUT2D eigenvalue weighted by Gasteiger charge is 2.30. The molecule has 0 N–H and O–H groups in total. The van der Waals surface area contributed by atoms with Crippen LogP contribution in [0.2, 0.25) is 19.6 Å². The second kappa shape index (κ2) is 5.35. The summed E-state index contributed by atoms with van der Waals surface area (Å²) in [7, 11) is -5.18. The number of nitrogens with zero attached hydrogens (tertiary/aromatic N) is 1. The molecule has 0 saturated carbocycles. The van der Waals surface area contributed by atoms with E-state index >= 15 is 0 Å². The van der Waals surface area contributed by atoms with Gasteiger partial charge in [0.15, 0.2) is 0 Å². The van der Waals surface area contributed by atoms with Crippen LogP contribution in [-0.4, -0.2) is 26.7 Å². The van der Waals surface area contributed by atoms with Crippen LogP contribution in [0.5, 0.6) is 0 Å². The van der Waals surface area contributed by atoms with Gasteiger partial charge in [-0.1, -0.05) is 68.2 Å². The quantitative estimate of drug-likeness (QED) is 0.681. The molecule has 0 bridgehead atoms. The van der Waals surface area contributed by atoms with E-state index in [4.69, 9.17) is 0 Å². The van der Waals surface area contributed by atoms with Crippen molar-refractivity contribution in [1.29, 1.82) is 0 Å². The van der Waals surface area contributed by atoms with Crippen LogP contribution in [0.25, 0.3) is 22.2 Å². The van der Waals surface area contributed by atoms with Gasteiger partial charge < -0.3 is 0 Å². The Kier molecular flexibility index (Phi) is 3.73. The van der Waals surface area contributed by atoms with Gasteiger partial charge >= 0.3 is 0 Å². The Bertz CT molecular complexity index is 967. The van der Waals surface area contributed by atoms with Gasteiger partial charge in [-0.3, -0.25) is 0 Å². The topological polar surface area (TPSA) is 39.1 Å². The Hall–Kier alpha value is -1.85. The van der Waals surface area contributed by atoms with Crippen molar-refractivity contribution < 1.29 is 8.42 Å². The molecule has 2 aromatic carbocycles. The van der Waals surface area contributed by atoms with Crippen LogP contribution < -0.4 is 5.19 Å². The number of benzene rings is 2. The number of hydrogen-bond acceptors (Lipinski definition) is 2. The summed E-state index contributed by atoms with van der Waals surface area (Å²) in [6, 6.07) is 17.6. The van der Waals surface area contributed by atoms with Gasteiger partial charge in [-0.2, -0.15) is 0 Å². The lowest BCUT2D eigenvalue weighted by atomic mass is 10.1. The molecule has 0 atom stereocenters. The average molecular weight is 344 g/mol. The lowest BCUT2D eigenvalue weighted by Crippen LogP contribution is -2.39. The van der Waals surface area contributed by atoms with Gasteiger partial charge in [0, 0.05) is 5.39 Å². The summed E-state index contributed by atoms with van der Waals surface area (Å²) >= 11 is 0. The first kappa shape index (κ1) is 16.0. The van der Waals surface area contributed by atoms with E-state index in [0.717, 1.165) is 22.2 Å². The Labute approximate surface area is 138 Å². The Balaban J connectivity index is 2.59. The summed E-state index contributed by atoms with van der Waals surface area (Å²) in [6.07, 6.45) is 1.28. The molecule has 0 saturated heterocycles. The van der Waals surface area contributed by atoms with Gasteiger partial charge in [-0.15, -0.1) is 0 Å². The molecule has 1 heterocycles. The predicted octanol–water partition coefficient (Wildman–Crippen LogP) is 3.66. The van der Waals surface area contributed by atoms with Crippen LogP contribution in [0, 0.1) is 0 Å². The van der Waals surface area contributed by atoms with E-state index in [2.05, 4.69) is 19.6 Å². The molecule has 3 aromatic rings. The molecule has 0 aliphatic carbocycles. The summed E-state index contributed by atoms with van der Waals surface area (Å²) in [4.78, 5) is 0. The summed E-state index contributed by atoms with van der Waals surface area (Å²) in [5.74, 6) is 0. The molecule has 23 heavy (non-hydrogen) atoms. The van der Waals surface area contributed by atoms with Gasteiger partial charge in [-0.25, -0.2) is 12.4 Å². The lowest BCUT2D eigenvalue weighted by molar-refractivity contribution is 0.595. The molecule has 0 radical (unpaired) electrons. The van der Waals surface area contributed by atoms with Gasteiger partial charge in [0.25, 0.3) is 0 Å².